The van der Waals surface area contributed by atoms with E-state index < -0.39 is 24.9 Å². The Labute approximate surface area is 98.6 Å². The quantitative estimate of drug-likeness (QED) is 0.833. The largest absolute Gasteiger partial charge is 0.396 e. The lowest BCUT2D eigenvalue weighted by Gasteiger charge is -2.35. The molecule has 1 aliphatic rings. The van der Waals surface area contributed by atoms with Crippen LogP contribution in [0.15, 0.2) is 0 Å². The zero-order chi connectivity index (χ0) is 12.9. The van der Waals surface area contributed by atoms with E-state index in [1.54, 1.807) is 0 Å². The Morgan fingerprint density at radius 1 is 1.35 bits per heavy atom. The fourth-order valence-corrected chi connectivity index (χ4v) is 2.17. The molecule has 17 heavy (non-hydrogen) atoms. The zero-order valence-electron chi connectivity index (χ0n) is 9.67. The molecule has 0 radical (unpaired) electrons. The van der Waals surface area contributed by atoms with E-state index in [1.807, 2.05) is 0 Å². The molecule has 6 heteroatoms. The standard InChI is InChI=1S/C11H18F3NO2/c12-11(13,14)6-4-10(17)15-7-2-1-3-9(15)5-8-16/h9,16H,1-8H2. The smallest absolute Gasteiger partial charge is 0.389 e. The van der Waals surface area contributed by atoms with Gasteiger partial charge in [0.2, 0.25) is 5.91 Å². The van der Waals surface area contributed by atoms with Gasteiger partial charge in [0, 0.05) is 25.6 Å². The van der Waals surface area contributed by atoms with E-state index in [2.05, 4.69) is 0 Å². The Morgan fingerprint density at radius 3 is 2.65 bits per heavy atom. The van der Waals surface area contributed by atoms with E-state index in [0.717, 1.165) is 19.3 Å². The Morgan fingerprint density at radius 2 is 2.06 bits per heavy atom. The lowest BCUT2D eigenvalue weighted by Crippen LogP contribution is -2.44. The molecule has 1 unspecified atom stereocenters. The number of rotatable bonds is 4. The van der Waals surface area contributed by atoms with Crippen molar-refractivity contribution >= 4 is 5.91 Å². The number of likely N-dealkylation sites (tertiary alicyclic amines) is 1. The maximum absolute atomic E-state index is 12.0. The van der Waals surface area contributed by atoms with E-state index in [0.29, 0.717) is 13.0 Å². The van der Waals surface area contributed by atoms with Crippen molar-refractivity contribution in [3.63, 3.8) is 0 Å². The lowest BCUT2D eigenvalue weighted by atomic mass is 9.99. The van der Waals surface area contributed by atoms with E-state index in [1.165, 1.54) is 4.90 Å². The van der Waals surface area contributed by atoms with Gasteiger partial charge in [-0.2, -0.15) is 13.2 Å². The molecular weight excluding hydrogens is 235 g/mol. The van der Waals surface area contributed by atoms with Crippen LogP contribution in [0, 0.1) is 0 Å². The summed E-state index contributed by atoms with van der Waals surface area (Å²) in [5.41, 5.74) is 0. The molecule has 0 spiro atoms. The number of aliphatic hydroxyl groups is 1. The third-order valence-corrected chi connectivity index (χ3v) is 3.03. The van der Waals surface area contributed by atoms with Gasteiger partial charge in [-0.25, -0.2) is 0 Å². The van der Waals surface area contributed by atoms with Gasteiger partial charge in [0.1, 0.15) is 0 Å². The number of aliphatic hydroxyl groups excluding tert-OH is 1. The minimum Gasteiger partial charge on any atom is -0.396 e. The maximum Gasteiger partial charge on any atom is 0.389 e. The van der Waals surface area contributed by atoms with Gasteiger partial charge in [0.25, 0.3) is 0 Å². The summed E-state index contributed by atoms with van der Waals surface area (Å²) >= 11 is 0. The summed E-state index contributed by atoms with van der Waals surface area (Å²) in [4.78, 5) is 13.2. The van der Waals surface area contributed by atoms with Gasteiger partial charge in [-0.1, -0.05) is 0 Å². The lowest BCUT2D eigenvalue weighted by molar-refractivity contribution is -0.151. The van der Waals surface area contributed by atoms with E-state index in [9.17, 15) is 18.0 Å². The predicted molar refractivity (Wildman–Crippen MR) is 56.3 cm³/mol. The van der Waals surface area contributed by atoms with Crippen molar-refractivity contribution in [3.05, 3.63) is 0 Å². The van der Waals surface area contributed by atoms with E-state index >= 15 is 0 Å². The summed E-state index contributed by atoms with van der Waals surface area (Å²) < 4.78 is 36.1. The summed E-state index contributed by atoms with van der Waals surface area (Å²) in [6.45, 7) is 0.481. The summed E-state index contributed by atoms with van der Waals surface area (Å²) in [5.74, 6) is -0.444. The van der Waals surface area contributed by atoms with Crippen LogP contribution < -0.4 is 0 Å². The third-order valence-electron chi connectivity index (χ3n) is 3.03. The number of carbonyl (C=O) groups is 1. The summed E-state index contributed by atoms with van der Waals surface area (Å²) in [6, 6.07) is -0.0884. The highest BCUT2D eigenvalue weighted by molar-refractivity contribution is 5.76. The highest BCUT2D eigenvalue weighted by atomic mass is 19.4. The first-order chi connectivity index (χ1) is 7.94. The van der Waals surface area contributed by atoms with Crippen molar-refractivity contribution in [2.45, 2.75) is 50.7 Å². The normalized spacial score (nSPS) is 21.6. The highest BCUT2D eigenvalue weighted by Crippen LogP contribution is 2.25. The predicted octanol–water partition coefficient (Wildman–Crippen LogP) is 2.09. The number of hydrogen-bond acceptors (Lipinski definition) is 2. The molecular formula is C11H18F3NO2. The van der Waals surface area contributed by atoms with Crippen LogP contribution in [0.2, 0.25) is 0 Å². The number of nitrogens with zero attached hydrogens (tertiary/aromatic N) is 1. The summed E-state index contributed by atoms with van der Waals surface area (Å²) in [6.07, 6.45) is -2.79. The fraction of sp³-hybridized carbons (Fsp3) is 0.909. The minimum atomic E-state index is -4.28. The van der Waals surface area contributed by atoms with Gasteiger partial charge >= 0.3 is 6.18 Å². The van der Waals surface area contributed by atoms with E-state index in [4.69, 9.17) is 5.11 Å². The third kappa shape index (κ3) is 4.93. The molecule has 1 saturated heterocycles. The second-order valence-electron chi connectivity index (χ2n) is 4.36. The van der Waals surface area contributed by atoms with Gasteiger partial charge in [0.15, 0.2) is 0 Å². The molecule has 1 atom stereocenters. The summed E-state index contributed by atoms with van der Waals surface area (Å²) in [5, 5.41) is 8.86. The molecule has 1 aliphatic heterocycles. The second kappa shape index (κ2) is 6.23. The number of amides is 1. The molecule has 0 aromatic carbocycles. The molecule has 1 amide bonds. The van der Waals surface area contributed by atoms with Crippen molar-refractivity contribution in [2.75, 3.05) is 13.2 Å². The molecule has 0 saturated carbocycles. The van der Waals surface area contributed by atoms with Gasteiger partial charge in [-0.15, -0.1) is 0 Å². The first-order valence-corrected chi connectivity index (χ1v) is 5.91. The van der Waals surface area contributed by atoms with Gasteiger partial charge in [-0.05, 0) is 25.7 Å². The van der Waals surface area contributed by atoms with Crippen molar-refractivity contribution in [3.8, 4) is 0 Å². The number of halogens is 3. The van der Waals surface area contributed by atoms with Crippen molar-refractivity contribution in [1.82, 2.24) is 4.90 Å². The molecule has 0 aromatic heterocycles. The number of carbonyl (C=O) groups excluding carboxylic acids is 1. The fourth-order valence-electron chi connectivity index (χ4n) is 2.17. The molecule has 0 aliphatic carbocycles. The Kier molecular flexibility index (Phi) is 5.24. The van der Waals surface area contributed by atoms with Crippen LogP contribution in [0.3, 0.4) is 0 Å². The van der Waals surface area contributed by atoms with Crippen LogP contribution >= 0.6 is 0 Å². The molecule has 1 rings (SSSR count). The Balaban J connectivity index is 2.47. The zero-order valence-corrected chi connectivity index (χ0v) is 9.67. The number of alkyl halides is 3. The molecule has 1 N–H and O–H groups in total. The highest BCUT2D eigenvalue weighted by Gasteiger charge is 2.31. The monoisotopic (exact) mass is 253 g/mol. The minimum absolute atomic E-state index is 0.0340. The van der Waals surface area contributed by atoms with Crippen LogP contribution in [-0.2, 0) is 4.79 Å². The van der Waals surface area contributed by atoms with Crippen LogP contribution in [-0.4, -0.2) is 41.3 Å². The van der Waals surface area contributed by atoms with Crippen molar-refractivity contribution in [2.24, 2.45) is 0 Å². The van der Waals surface area contributed by atoms with Crippen LogP contribution in [0.4, 0.5) is 13.2 Å². The Bertz CT molecular complexity index is 254. The average molecular weight is 253 g/mol. The average Bonchev–Trinajstić information content (AvgIpc) is 2.26. The van der Waals surface area contributed by atoms with Gasteiger partial charge in [0.05, 0.1) is 6.42 Å². The molecule has 0 bridgehead atoms. The van der Waals surface area contributed by atoms with E-state index in [-0.39, 0.29) is 12.6 Å². The Hall–Kier alpha value is -0.780. The molecule has 100 valence electrons. The topological polar surface area (TPSA) is 40.5 Å². The van der Waals surface area contributed by atoms with Crippen LogP contribution in [0.25, 0.3) is 0 Å². The number of piperidine rings is 1. The molecule has 1 fully saturated rings. The molecule has 0 aromatic rings. The SMILES string of the molecule is O=C(CCC(F)(F)F)N1CCCCC1CCO. The van der Waals surface area contributed by atoms with Gasteiger partial charge < -0.3 is 10.0 Å². The van der Waals surface area contributed by atoms with Gasteiger partial charge in [-0.3, -0.25) is 4.79 Å². The number of hydrogen-bond donors (Lipinski definition) is 1. The van der Waals surface area contributed by atoms with Crippen molar-refractivity contribution < 1.29 is 23.1 Å². The van der Waals surface area contributed by atoms with Crippen LogP contribution in [0.1, 0.15) is 38.5 Å². The van der Waals surface area contributed by atoms with Crippen molar-refractivity contribution in [1.29, 1.82) is 0 Å². The maximum atomic E-state index is 12.0. The molecule has 3 nitrogen and oxygen atoms in total. The second-order valence-corrected chi connectivity index (χ2v) is 4.36. The van der Waals surface area contributed by atoms with Crippen LogP contribution in [0.5, 0.6) is 0 Å². The summed E-state index contributed by atoms with van der Waals surface area (Å²) in [7, 11) is 0. The first-order valence-electron chi connectivity index (χ1n) is 5.91. The molecule has 1 heterocycles. The first kappa shape index (κ1) is 14.3.